The number of hydrogen-bond donors (Lipinski definition) is 1. The van der Waals surface area contributed by atoms with Crippen molar-refractivity contribution in [1.82, 2.24) is 4.90 Å². The van der Waals surface area contributed by atoms with E-state index in [1.807, 2.05) is 0 Å². The second-order valence-corrected chi connectivity index (χ2v) is 9.59. The van der Waals surface area contributed by atoms with Gasteiger partial charge in [-0.05, 0) is 100 Å². The number of anilines is 1. The standard InChI is InChI=1S/C25H17F2IN2O4S/c26-17-5-7-19(8-6-17)29-23(31)13-30-24(32)22(35-25(30)33)12-15-4-9-21(20(28)11-15)34-14-16-2-1-3-18(27)10-16/h1-12H,13-14H2,(H,29,31)/b22-12-. The lowest BCUT2D eigenvalue weighted by Gasteiger charge is -2.12. The second kappa shape index (κ2) is 11.0. The quantitative estimate of drug-likeness (QED) is 0.271. The van der Waals surface area contributed by atoms with Crippen molar-refractivity contribution in [2.24, 2.45) is 0 Å². The molecule has 3 aromatic carbocycles. The molecule has 3 aromatic rings. The molecule has 1 aliphatic rings. The van der Waals surface area contributed by atoms with Crippen LogP contribution in [0.1, 0.15) is 11.1 Å². The molecule has 4 rings (SSSR count). The lowest BCUT2D eigenvalue weighted by Crippen LogP contribution is -2.36. The van der Waals surface area contributed by atoms with Gasteiger partial charge in [0.1, 0.15) is 30.5 Å². The minimum absolute atomic E-state index is 0.189. The monoisotopic (exact) mass is 606 g/mol. The fourth-order valence-corrected chi connectivity index (χ4v) is 4.71. The summed E-state index contributed by atoms with van der Waals surface area (Å²) in [5, 5.41) is 1.97. The first-order valence-electron chi connectivity index (χ1n) is 10.3. The first-order chi connectivity index (χ1) is 16.8. The molecule has 1 saturated heterocycles. The molecule has 0 unspecified atom stereocenters. The fourth-order valence-electron chi connectivity index (χ4n) is 3.18. The number of halogens is 3. The Bertz CT molecular complexity index is 1330. The number of thioether (sulfide) groups is 1. The first-order valence-corrected chi connectivity index (χ1v) is 12.2. The topological polar surface area (TPSA) is 75.7 Å². The Hall–Kier alpha value is -3.25. The van der Waals surface area contributed by atoms with Gasteiger partial charge >= 0.3 is 0 Å². The molecule has 0 saturated carbocycles. The Morgan fingerprint density at radius 2 is 1.80 bits per heavy atom. The van der Waals surface area contributed by atoms with Crippen LogP contribution in [0.5, 0.6) is 5.75 Å². The molecule has 0 radical (unpaired) electrons. The van der Waals surface area contributed by atoms with Crippen molar-refractivity contribution < 1.29 is 27.9 Å². The average Bonchev–Trinajstić information content (AvgIpc) is 3.07. The minimum Gasteiger partial charge on any atom is -0.488 e. The van der Waals surface area contributed by atoms with Gasteiger partial charge < -0.3 is 10.1 Å². The van der Waals surface area contributed by atoms with Gasteiger partial charge in [0.15, 0.2) is 0 Å². The molecule has 35 heavy (non-hydrogen) atoms. The van der Waals surface area contributed by atoms with Crippen molar-refractivity contribution in [3.8, 4) is 5.75 Å². The molecular formula is C25H17F2IN2O4S. The highest BCUT2D eigenvalue weighted by atomic mass is 127. The molecule has 1 fully saturated rings. The van der Waals surface area contributed by atoms with E-state index in [1.54, 1.807) is 36.4 Å². The molecule has 3 amide bonds. The number of carbonyl (C=O) groups excluding carboxylic acids is 3. The van der Waals surface area contributed by atoms with Gasteiger partial charge in [0.25, 0.3) is 11.1 Å². The second-order valence-electron chi connectivity index (χ2n) is 7.43. The van der Waals surface area contributed by atoms with Gasteiger partial charge in [-0.25, -0.2) is 8.78 Å². The van der Waals surface area contributed by atoms with E-state index in [0.29, 0.717) is 22.6 Å². The minimum atomic E-state index is -0.575. The lowest BCUT2D eigenvalue weighted by molar-refractivity contribution is -0.127. The average molecular weight is 606 g/mol. The van der Waals surface area contributed by atoms with Crippen LogP contribution in [0.3, 0.4) is 0 Å². The highest BCUT2D eigenvalue weighted by molar-refractivity contribution is 14.1. The predicted octanol–water partition coefficient (Wildman–Crippen LogP) is 5.82. The number of nitrogens with one attached hydrogen (secondary N) is 1. The van der Waals surface area contributed by atoms with Crippen LogP contribution in [0, 0.1) is 15.2 Å². The fraction of sp³-hybridized carbons (Fsp3) is 0.0800. The maximum atomic E-state index is 13.3. The van der Waals surface area contributed by atoms with Gasteiger partial charge in [0.2, 0.25) is 5.91 Å². The number of benzene rings is 3. The third kappa shape index (κ3) is 6.45. The van der Waals surface area contributed by atoms with Crippen LogP contribution >= 0.6 is 34.4 Å². The number of nitrogens with zero attached hydrogens (tertiary/aromatic N) is 1. The molecule has 1 heterocycles. The smallest absolute Gasteiger partial charge is 0.294 e. The summed E-state index contributed by atoms with van der Waals surface area (Å²) in [4.78, 5) is 38.4. The van der Waals surface area contributed by atoms with Crippen LogP contribution in [-0.4, -0.2) is 28.5 Å². The summed E-state index contributed by atoms with van der Waals surface area (Å²) in [6.07, 6.45) is 1.57. The van der Waals surface area contributed by atoms with E-state index < -0.39 is 29.4 Å². The van der Waals surface area contributed by atoms with E-state index in [9.17, 15) is 23.2 Å². The van der Waals surface area contributed by atoms with E-state index in [0.717, 1.165) is 20.2 Å². The molecule has 1 N–H and O–H groups in total. The molecule has 0 spiro atoms. The number of imide groups is 1. The van der Waals surface area contributed by atoms with E-state index in [4.69, 9.17) is 4.74 Å². The Balaban J connectivity index is 1.39. The first kappa shape index (κ1) is 24.9. The van der Waals surface area contributed by atoms with Crippen LogP contribution in [-0.2, 0) is 16.2 Å². The zero-order chi connectivity index (χ0) is 24.9. The van der Waals surface area contributed by atoms with Gasteiger partial charge in [-0.2, -0.15) is 0 Å². The molecular weight excluding hydrogens is 589 g/mol. The van der Waals surface area contributed by atoms with Gasteiger partial charge in [-0.1, -0.05) is 18.2 Å². The van der Waals surface area contributed by atoms with Crippen LogP contribution < -0.4 is 10.1 Å². The van der Waals surface area contributed by atoms with Crippen molar-refractivity contribution >= 4 is 63.2 Å². The summed E-state index contributed by atoms with van der Waals surface area (Å²) < 4.78 is 32.9. The van der Waals surface area contributed by atoms with Crippen LogP contribution in [0.25, 0.3) is 6.08 Å². The van der Waals surface area contributed by atoms with Gasteiger partial charge in [0, 0.05) is 5.69 Å². The number of amides is 3. The molecule has 0 atom stereocenters. The maximum Gasteiger partial charge on any atom is 0.294 e. The van der Waals surface area contributed by atoms with E-state index in [1.165, 1.54) is 36.4 Å². The highest BCUT2D eigenvalue weighted by Crippen LogP contribution is 2.33. The summed E-state index contributed by atoms with van der Waals surface area (Å²) in [5.74, 6) is -1.33. The van der Waals surface area contributed by atoms with Gasteiger partial charge in [0.05, 0.1) is 8.48 Å². The largest absolute Gasteiger partial charge is 0.488 e. The Morgan fingerprint density at radius 3 is 2.51 bits per heavy atom. The number of ether oxygens (including phenoxy) is 1. The van der Waals surface area contributed by atoms with Crippen LogP contribution in [0.15, 0.2) is 71.6 Å². The zero-order valence-corrected chi connectivity index (χ0v) is 20.9. The summed E-state index contributed by atoms with van der Waals surface area (Å²) in [5.41, 5.74) is 1.73. The van der Waals surface area contributed by atoms with E-state index >= 15 is 0 Å². The SMILES string of the molecule is O=C(CN1C(=O)S/C(=C\c2ccc(OCc3cccc(F)c3)c(I)c2)C1=O)Nc1ccc(F)cc1. The van der Waals surface area contributed by atoms with Crippen molar-refractivity contribution in [1.29, 1.82) is 0 Å². The third-order valence-electron chi connectivity index (χ3n) is 4.84. The molecule has 0 aliphatic carbocycles. The molecule has 6 nitrogen and oxygen atoms in total. The third-order valence-corrected chi connectivity index (χ3v) is 6.59. The summed E-state index contributed by atoms with van der Waals surface area (Å²) >= 11 is 2.84. The van der Waals surface area contributed by atoms with E-state index in [-0.39, 0.29) is 17.3 Å². The lowest BCUT2D eigenvalue weighted by atomic mass is 10.2. The molecule has 0 bridgehead atoms. The van der Waals surface area contributed by atoms with Crippen molar-refractivity contribution in [2.45, 2.75) is 6.61 Å². The highest BCUT2D eigenvalue weighted by Gasteiger charge is 2.36. The van der Waals surface area contributed by atoms with Crippen molar-refractivity contribution in [3.63, 3.8) is 0 Å². The zero-order valence-electron chi connectivity index (χ0n) is 18.0. The maximum absolute atomic E-state index is 13.3. The molecule has 178 valence electrons. The van der Waals surface area contributed by atoms with Gasteiger partial charge in [-0.3, -0.25) is 19.3 Å². The van der Waals surface area contributed by atoms with E-state index in [2.05, 4.69) is 27.9 Å². The summed E-state index contributed by atoms with van der Waals surface area (Å²) in [6.45, 7) is -0.254. The molecule has 0 aromatic heterocycles. The van der Waals surface area contributed by atoms with Crippen LogP contribution in [0.2, 0.25) is 0 Å². The number of rotatable bonds is 7. The van der Waals surface area contributed by atoms with Crippen molar-refractivity contribution in [2.75, 3.05) is 11.9 Å². The van der Waals surface area contributed by atoms with Gasteiger partial charge in [-0.15, -0.1) is 0 Å². The molecule has 1 aliphatic heterocycles. The Labute approximate surface area is 217 Å². The number of hydrogen-bond acceptors (Lipinski definition) is 5. The van der Waals surface area contributed by atoms with Crippen molar-refractivity contribution in [3.05, 3.63) is 98.0 Å². The number of carbonyl (C=O) groups is 3. The Kier molecular flexibility index (Phi) is 7.81. The predicted molar refractivity (Wildman–Crippen MR) is 138 cm³/mol. The Morgan fingerprint density at radius 1 is 1.03 bits per heavy atom. The normalized spacial score (nSPS) is 14.5. The summed E-state index contributed by atoms with van der Waals surface area (Å²) in [6, 6.07) is 16.5. The molecule has 10 heteroatoms. The summed E-state index contributed by atoms with van der Waals surface area (Å²) in [7, 11) is 0. The van der Waals surface area contributed by atoms with Crippen LogP contribution in [0.4, 0.5) is 19.3 Å².